The summed E-state index contributed by atoms with van der Waals surface area (Å²) in [5.41, 5.74) is 2.96. The van der Waals surface area contributed by atoms with Gasteiger partial charge in [0.15, 0.2) is 0 Å². The van der Waals surface area contributed by atoms with Crippen molar-refractivity contribution in [3.05, 3.63) is 34.9 Å². The molecule has 4 nitrogen and oxygen atoms in total. The van der Waals surface area contributed by atoms with Crippen LogP contribution in [0.15, 0.2) is 18.0 Å². The number of hydrogen-bond donors (Lipinski definition) is 1. The Labute approximate surface area is 132 Å². The van der Waals surface area contributed by atoms with E-state index >= 15 is 0 Å². The third kappa shape index (κ3) is 4.52. The molecule has 22 heavy (non-hydrogen) atoms. The minimum absolute atomic E-state index is 0.204. The van der Waals surface area contributed by atoms with Crippen molar-refractivity contribution < 1.29 is 9.13 Å². The normalized spacial score (nSPS) is 13.9. The van der Waals surface area contributed by atoms with Crippen LogP contribution in [0, 0.1) is 0 Å². The van der Waals surface area contributed by atoms with Gasteiger partial charge in [-0.3, -0.25) is 4.68 Å². The molecule has 1 aromatic rings. The van der Waals surface area contributed by atoms with Crippen LogP contribution in [-0.2, 0) is 24.2 Å². The SMILES string of the molecule is CCCCNCc1nn(CCCOC)c2c1C=C(F)C=CC2. The van der Waals surface area contributed by atoms with Crippen LogP contribution in [0.1, 0.15) is 43.1 Å². The topological polar surface area (TPSA) is 39.1 Å². The molecule has 0 fully saturated rings. The number of aromatic nitrogens is 2. The van der Waals surface area contributed by atoms with Crippen molar-refractivity contribution in [2.45, 2.75) is 45.7 Å². The largest absolute Gasteiger partial charge is 0.385 e. The number of rotatable bonds is 9. The summed E-state index contributed by atoms with van der Waals surface area (Å²) in [4.78, 5) is 0. The summed E-state index contributed by atoms with van der Waals surface area (Å²) in [5.74, 6) is -0.204. The molecule has 0 spiro atoms. The molecule has 0 radical (unpaired) electrons. The lowest BCUT2D eigenvalue weighted by molar-refractivity contribution is 0.188. The molecule has 1 aliphatic carbocycles. The molecule has 1 aliphatic rings. The predicted octanol–water partition coefficient (Wildman–Crippen LogP) is 3.23. The molecule has 1 aromatic heterocycles. The van der Waals surface area contributed by atoms with Crippen LogP contribution in [0.4, 0.5) is 4.39 Å². The van der Waals surface area contributed by atoms with Crippen molar-refractivity contribution in [3.63, 3.8) is 0 Å². The van der Waals surface area contributed by atoms with Crippen LogP contribution in [-0.4, -0.2) is 30.0 Å². The van der Waals surface area contributed by atoms with E-state index in [1.807, 2.05) is 10.8 Å². The van der Waals surface area contributed by atoms with Crippen molar-refractivity contribution in [1.82, 2.24) is 15.1 Å². The highest BCUT2D eigenvalue weighted by atomic mass is 19.1. The first-order chi connectivity index (χ1) is 10.8. The molecule has 0 unspecified atom stereocenters. The number of aryl methyl sites for hydroxylation is 1. The fourth-order valence-electron chi connectivity index (χ4n) is 2.60. The van der Waals surface area contributed by atoms with Gasteiger partial charge in [-0.2, -0.15) is 5.10 Å². The van der Waals surface area contributed by atoms with Crippen LogP contribution in [0.3, 0.4) is 0 Å². The van der Waals surface area contributed by atoms with Gasteiger partial charge < -0.3 is 10.1 Å². The lowest BCUT2D eigenvalue weighted by atomic mass is 10.1. The fraction of sp³-hybridized carbons (Fsp3) is 0.588. The van der Waals surface area contributed by atoms with Gasteiger partial charge in [0.05, 0.1) is 5.69 Å². The van der Waals surface area contributed by atoms with Crippen LogP contribution in [0.5, 0.6) is 0 Å². The molecule has 0 aliphatic heterocycles. The van der Waals surface area contributed by atoms with Gasteiger partial charge in [0.1, 0.15) is 5.83 Å². The zero-order chi connectivity index (χ0) is 15.8. The number of allylic oxidation sites excluding steroid dienone is 3. The average Bonchev–Trinajstić information content (AvgIpc) is 2.69. The van der Waals surface area contributed by atoms with E-state index in [0.717, 1.165) is 49.3 Å². The van der Waals surface area contributed by atoms with Gasteiger partial charge in [-0.1, -0.05) is 19.4 Å². The molecule has 0 bridgehead atoms. The molecule has 0 aromatic carbocycles. The second-order valence-electron chi connectivity index (χ2n) is 5.54. The molecule has 0 saturated heterocycles. The molecule has 0 amide bonds. The number of fused-ring (bicyclic) bond motifs is 1. The number of ether oxygens (including phenoxy) is 1. The summed E-state index contributed by atoms with van der Waals surface area (Å²) in [6.45, 7) is 5.32. The molecule has 0 atom stereocenters. The Hall–Kier alpha value is -1.46. The van der Waals surface area contributed by atoms with E-state index in [1.54, 1.807) is 13.2 Å². The second-order valence-corrected chi connectivity index (χ2v) is 5.54. The molecule has 5 heteroatoms. The highest BCUT2D eigenvalue weighted by Crippen LogP contribution is 2.23. The van der Waals surface area contributed by atoms with Gasteiger partial charge in [0, 0.05) is 44.5 Å². The highest BCUT2D eigenvalue weighted by Gasteiger charge is 2.17. The van der Waals surface area contributed by atoms with Crippen molar-refractivity contribution in [2.75, 3.05) is 20.3 Å². The monoisotopic (exact) mass is 307 g/mol. The Morgan fingerprint density at radius 1 is 1.41 bits per heavy atom. The quantitative estimate of drug-likeness (QED) is 0.712. The summed E-state index contributed by atoms with van der Waals surface area (Å²) in [5, 5.41) is 8.09. The van der Waals surface area contributed by atoms with E-state index in [4.69, 9.17) is 9.84 Å². The average molecular weight is 307 g/mol. The van der Waals surface area contributed by atoms with E-state index < -0.39 is 0 Å². The molecule has 0 saturated carbocycles. The lowest BCUT2D eigenvalue weighted by Gasteiger charge is -2.05. The standard InChI is InChI=1S/C17H26FN3O/c1-3-4-9-19-13-16-15-12-14(18)7-5-8-17(15)21(20-16)10-6-11-22-2/h5,7,12,19H,3-4,6,8-11,13H2,1-2H3. The Bertz CT molecular complexity index is 534. The van der Waals surface area contributed by atoms with E-state index in [9.17, 15) is 4.39 Å². The first kappa shape index (κ1) is 16.9. The molecule has 122 valence electrons. The number of unbranched alkanes of at least 4 members (excludes halogenated alkanes) is 1. The van der Waals surface area contributed by atoms with Gasteiger partial charge in [0.2, 0.25) is 0 Å². The minimum Gasteiger partial charge on any atom is -0.385 e. The second kappa shape index (κ2) is 8.86. The Morgan fingerprint density at radius 3 is 3.05 bits per heavy atom. The van der Waals surface area contributed by atoms with Crippen molar-refractivity contribution in [2.24, 2.45) is 0 Å². The third-order valence-electron chi connectivity index (χ3n) is 3.76. The molecule has 1 N–H and O–H groups in total. The fourth-order valence-corrected chi connectivity index (χ4v) is 2.60. The predicted molar refractivity (Wildman–Crippen MR) is 87.3 cm³/mol. The van der Waals surface area contributed by atoms with Crippen molar-refractivity contribution in [3.8, 4) is 0 Å². The molecular formula is C17H26FN3O. The maximum absolute atomic E-state index is 13.8. The third-order valence-corrected chi connectivity index (χ3v) is 3.76. The van der Waals surface area contributed by atoms with Gasteiger partial charge >= 0.3 is 0 Å². The Morgan fingerprint density at radius 2 is 2.27 bits per heavy atom. The van der Waals surface area contributed by atoms with Gasteiger partial charge in [-0.05, 0) is 31.5 Å². The van der Waals surface area contributed by atoms with Gasteiger partial charge in [-0.15, -0.1) is 0 Å². The number of halogens is 1. The zero-order valence-corrected chi connectivity index (χ0v) is 13.6. The molecule has 1 heterocycles. The summed E-state index contributed by atoms with van der Waals surface area (Å²) < 4.78 is 20.9. The first-order valence-corrected chi connectivity index (χ1v) is 8.08. The first-order valence-electron chi connectivity index (χ1n) is 8.08. The van der Waals surface area contributed by atoms with E-state index in [-0.39, 0.29) is 5.83 Å². The maximum atomic E-state index is 13.8. The summed E-state index contributed by atoms with van der Waals surface area (Å²) in [6.07, 6.45) is 8.93. The molecule has 2 rings (SSSR count). The number of nitrogens with one attached hydrogen (secondary N) is 1. The minimum atomic E-state index is -0.204. The van der Waals surface area contributed by atoms with Crippen molar-refractivity contribution >= 4 is 6.08 Å². The maximum Gasteiger partial charge on any atom is 0.123 e. The lowest BCUT2D eigenvalue weighted by Crippen LogP contribution is -2.15. The van der Waals surface area contributed by atoms with Crippen molar-refractivity contribution in [1.29, 1.82) is 0 Å². The van der Waals surface area contributed by atoms with E-state index in [2.05, 4.69) is 12.2 Å². The number of hydrogen-bond acceptors (Lipinski definition) is 3. The highest BCUT2D eigenvalue weighted by molar-refractivity contribution is 5.60. The van der Waals surface area contributed by atoms with E-state index in [1.165, 1.54) is 6.08 Å². The smallest absolute Gasteiger partial charge is 0.123 e. The van der Waals surface area contributed by atoms with Crippen LogP contribution in [0.2, 0.25) is 0 Å². The van der Waals surface area contributed by atoms with Crippen LogP contribution < -0.4 is 5.32 Å². The summed E-state index contributed by atoms with van der Waals surface area (Å²) in [6, 6.07) is 0. The number of methoxy groups -OCH3 is 1. The van der Waals surface area contributed by atoms with E-state index in [0.29, 0.717) is 19.6 Å². The summed E-state index contributed by atoms with van der Waals surface area (Å²) >= 11 is 0. The van der Waals surface area contributed by atoms with Gasteiger partial charge in [0.25, 0.3) is 0 Å². The molecular weight excluding hydrogens is 281 g/mol. The van der Waals surface area contributed by atoms with Gasteiger partial charge in [-0.25, -0.2) is 4.39 Å². The van der Waals surface area contributed by atoms with Crippen LogP contribution in [0.25, 0.3) is 6.08 Å². The number of nitrogens with zero attached hydrogens (tertiary/aromatic N) is 2. The Balaban J connectivity index is 2.15. The Kier molecular flexibility index (Phi) is 6.80. The zero-order valence-electron chi connectivity index (χ0n) is 13.6. The van der Waals surface area contributed by atoms with Crippen LogP contribution >= 0.6 is 0 Å². The summed E-state index contributed by atoms with van der Waals surface area (Å²) in [7, 11) is 1.70.